The number of ether oxygens (including phenoxy) is 1. The highest BCUT2D eigenvalue weighted by Gasteiger charge is 2.17. The van der Waals surface area contributed by atoms with Crippen LogP contribution in [-0.2, 0) is 4.74 Å². The van der Waals surface area contributed by atoms with Gasteiger partial charge in [-0.25, -0.2) is 0 Å². The zero-order chi connectivity index (χ0) is 14.3. The zero-order valence-electron chi connectivity index (χ0n) is 12.8. The van der Waals surface area contributed by atoms with Gasteiger partial charge in [0.1, 0.15) is 0 Å². The van der Waals surface area contributed by atoms with Gasteiger partial charge in [0, 0.05) is 25.7 Å². The molecular formula is C16H28N2O. The van der Waals surface area contributed by atoms with Crippen LogP contribution in [0, 0.1) is 13.8 Å². The Labute approximate surface area is 117 Å². The van der Waals surface area contributed by atoms with Crippen LogP contribution >= 0.6 is 0 Å². The van der Waals surface area contributed by atoms with E-state index in [0.29, 0.717) is 6.54 Å². The zero-order valence-corrected chi connectivity index (χ0v) is 12.8. The Balaban J connectivity index is 2.80. The Morgan fingerprint density at radius 1 is 1.21 bits per heavy atom. The SMILES string of the molecule is CCOCCN(CC)C(CN)c1ccc(C)c(C)c1. The van der Waals surface area contributed by atoms with Crippen molar-refractivity contribution in [2.24, 2.45) is 5.73 Å². The lowest BCUT2D eigenvalue weighted by molar-refractivity contribution is 0.0980. The molecule has 108 valence electrons. The van der Waals surface area contributed by atoms with E-state index in [-0.39, 0.29) is 6.04 Å². The maximum absolute atomic E-state index is 5.99. The van der Waals surface area contributed by atoms with Crippen LogP contribution < -0.4 is 5.73 Å². The van der Waals surface area contributed by atoms with E-state index in [1.165, 1.54) is 16.7 Å². The Kier molecular flexibility index (Phi) is 7.06. The number of hydrogen-bond acceptors (Lipinski definition) is 3. The van der Waals surface area contributed by atoms with Gasteiger partial charge >= 0.3 is 0 Å². The minimum atomic E-state index is 0.282. The first kappa shape index (κ1) is 16.2. The number of benzene rings is 1. The molecule has 1 atom stereocenters. The van der Waals surface area contributed by atoms with E-state index in [9.17, 15) is 0 Å². The summed E-state index contributed by atoms with van der Waals surface area (Å²) in [4.78, 5) is 2.39. The summed E-state index contributed by atoms with van der Waals surface area (Å²) in [5, 5.41) is 0. The fourth-order valence-electron chi connectivity index (χ4n) is 2.33. The third kappa shape index (κ3) is 4.60. The summed E-state index contributed by atoms with van der Waals surface area (Å²) in [5.74, 6) is 0. The van der Waals surface area contributed by atoms with Gasteiger partial charge in [-0.1, -0.05) is 25.1 Å². The molecule has 0 fully saturated rings. The molecule has 0 spiro atoms. The molecule has 0 heterocycles. The second kappa shape index (κ2) is 8.31. The largest absolute Gasteiger partial charge is 0.380 e. The number of aryl methyl sites for hydroxylation is 2. The van der Waals surface area contributed by atoms with Crippen molar-refractivity contribution in [2.45, 2.75) is 33.7 Å². The van der Waals surface area contributed by atoms with Gasteiger partial charge in [0.25, 0.3) is 0 Å². The summed E-state index contributed by atoms with van der Waals surface area (Å²) >= 11 is 0. The van der Waals surface area contributed by atoms with Gasteiger partial charge in [0.15, 0.2) is 0 Å². The lowest BCUT2D eigenvalue weighted by Gasteiger charge is -2.30. The van der Waals surface area contributed by atoms with Crippen molar-refractivity contribution >= 4 is 0 Å². The van der Waals surface area contributed by atoms with E-state index in [1.807, 2.05) is 6.92 Å². The maximum atomic E-state index is 5.99. The quantitative estimate of drug-likeness (QED) is 0.734. The van der Waals surface area contributed by atoms with E-state index in [1.54, 1.807) is 0 Å². The van der Waals surface area contributed by atoms with Crippen LogP contribution in [0.2, 0.25) is 0 Å². The number of likely N-dealkylation sites (N-methyl/N-ethyl adjacent to an activating group) is 1. The topological polar surface area (TPSA) is 38.5 Å². The fraction of sp³-hybridized carbons (Fsp3) is 0.625. The van der Waals surface area contributed by atoms with Gasteiger partial charge in [-0.3, -0.25) is 4.90 Å². The average Bonchev–Trinajstić information content (AvgIpc) is 2.41. The normalized spacial score (nSPS) is 12.9. The van der Waals surface area contributed by atoms with Crippen LogP contribution in [-0.4, -0.2) is 37.7 Å². The van der Waals surface area contributed by atoms with E-state index in [2.05, 4.69) is 43.9 Å². The molecule has 0 bridgehead atoms. The molecule has 0 saturated carbocycles. The molecule has 0 saturated heterocycles. The van der Waals surface area contributed by atoms with Crippen LogP contribution in [0.15, 0.2) is 18.2 Å². The first-order valence-electron chi connectivity index (χ1n) is 7.23. The third-order valence-corrected chi connectivity index (χ3v) is 3.71. The van der Waals surface area contributed by atoms with E-state index < -0.39 is 0 Å². The molecule has 0 aliphatic carbocycles. The van der Waals surface area contributed by atoms with Crippen LogP contribution in [0.4, 0.5) is 0 Å². The first-order valence-corrected chi connectivity index (χ1v) is 7.23. The molecule has 3 nitrogen and oxygen atoms in total. The maximum Gasteiger partial charge on any atom is 0.0593 e. The second-order valence-corrected chi connectivity index (χ2v) is 4.92. The van der Waals surface area contributed by atoms with E-state index >= 15 is 0 Å². The molecule has 3 heteroatoms. The molecule has 1 aromatic rings. The monoisotopic (exact) mass is 264 g/mol. The number of nitrogens with two attached hydrogens (primary N) is 1. The number of rotatable bonds is 8. The van der Waals surface area contributed by atoms with Crippen molar-refractivity contribution in [2.75, 3.05) is 32.8 Å². The summed E-state index contributed by atoms with van der Waals surface area (Å²) in [6.45, 7) is 12.6. The molecule has 2 N–H and O–H groups in total. The highest BCUT2D eigenvalue weighted by molar-refractivity contribution is 5.32. The molecule has 0 amide bonds. The Morgan fingerprint density at radius 2 is 1.95 bits per heavy atom. The van der Waals surface area contributed by atoms with Crippen molar-refractivity contribution in [3.63, 3.8) is 0 Å². The summed E-state index contributed by atoms with van der Waals surface area (Å²) in [6.07, 6.45) is 0. The minimum Gasteiger partial charge on any atom is -0.380 e. The third-order valence-electron chi connectivity index (χ3n) is 3.71. The molecular weight excluding hydrogens is 236 g/mol. The second-order valence-electron chi connectivity index (χ2n) is 4.92. The van der Waals surface area contributed by atoms with Crippen molar-refractivity contribution in [1.82, 2.24) is 4.90 Å². The van der Waals surface area contributed by atoms with Gasteiger partial charge in [0.05, 0.1) is 6.61 Å². The molecule has 1 unspecified atom stereocenters. The lowest BCUT2D eigenvalue weighted by Crippen LogP contribution is -2.36. The first-order chi connectivity index (χ1) is 9.13. The van der Waals surface area contributed by atoms with Gasteiger partial charge in [-0.2, -0.15) is 0 Å². The summed E-state index contributed by atoms with van der Waals surface area (Å²) in [7, 11) is 0. The van der Waals surface area contributed by atoms with Gasteiger partial charge in [0.2, 0.25) is 0 Å². The van der Waals surface area contributed by atoms with Crippen molar-refractivity contribution < 1.29 is 4.74 Å². The van der Waals surface area contributed by atoms with Crippen LogP contribution in [0.5, 0.6) is 0 Å². The summed E-state index contributed by atoms with van der Waals surface area (Å²) in [5.41, 5.74) is 9.96. The van der Waals surface area contributed by atoms with Crippen LogP contribution in [0.3, 0.4) is 0 Å². The Bertz CT molecular complexity index is 379. The smallest absolute Gasteiger partial charge is 0.0593 e. The highest BCUT2D eigenvalue weighted by atomic mass is 16.5. The molecule has 0 aliphatic heterocycles. The van der Waals surface area contributed by atoms with E-state index in [4.69, 9.17) is 10.5 Å². The summed E-state index contributed by atoms with van der Waals surface area (Å²) in [6, 6.07) is 6.92. The van der Waals surface area contributed by atoms with Gasteiger partial charge in [-0.15, -0.1) is 0 Å². The Hall–Kier alpha value is -0.900. The average molecular weight is 264 g/mol. The summed E-state index contributed by atoms with van der Waals surface area (Å²) < 4.78 is 5.46. The van der Waals surface area contributed by atoms with Crippen LogP contribution in [0.25, 0.3) is 0 Å². The Morgan fingerprint density at radius 3 is 2.47 bits per heavy atom. The molecule has 0 aliphatic rings. The van der Waals surface area contributed by atoms with E-state index in [0.717, 1.165) is 26.3 Å². The number of nitrogens with zero attached hydrogens (tertiary/aromatic N) is 1. The predicted molar refractivity (Wildman–Crippen MR) is 81.5 cm³/mol. The lowest BCUT2D eigenvalue weighted by atomic mass is 10.00. The van der Waals surface area contributed by atoms with Gasteiger partial charge < -0.3 is 10.5 Å². The standard InChI is InChI=1S/C16H28N2O/c1-5-18(9-10-19-6-2)16(12-17)15-8-7-13(3)14(4)11-15/h7-8,11,16H,5-6,9-10,12,17H2,1-4H3. The molecule has 1 rings (SSSR count). The number of hydrogen-bond donors (Lipinski definition) is 1. The molecule has 1 aromatic carbocycles. The predicted octanol–water partition coefficient (Wildman–Crippen LogP) is 2.66. The van der Waals surface area contributed by atoms with Crippen molar-refractivity contribution in [3.8, 4) is 0 Å². The highest BCUT2D eigenvalue weighted by Crippen LogP contribution is 2.21. The molecule has 19 heavy (non-hydrogen) atoms. The fourth-order valence-corrected chi connectivity index (χ4v) is 2.33. The van der Waals surface area contributed by atoms with Crippen molar-refractivity contribution in [3.05, 3.63) is 34.9 Å². The van der Waals surface area contributed by atoms with Gasteiger partial charge in [-0.05, 0) is 44.0 Å². The molecule has 0 radical (unpaired) electrons. The van der Waals surface area contributed by atoms with Crippen molar-refractivity contribution in [1.29, 1.82) is 0 Å². The minimum absolute atomic E-state index is 0.282. The van der Waals surface area contributed by atoms with Crippen LogP contribution in [0.1, 0.15) is 36.6 Å². The molecule has 0 aromatic heterocycles.